The van der Waals surface area contributed by atoms with E-state index in [1.165, 1.54) is 7.11 Å². The van der Waals surface area contributed by atoms with Gasteiger partial charge in [0.25, 0.3) is 0 Å². The Morgan fingerprint density at radius 2 is 2.29 bits per heavy atom. The molecule has 0 spiro atoms. The summed E-state index contributed by atoms with van der Waals surface area (Å²) < 4.78 is 17.7. The van der Waals surface area contributed by atoms with Crippen molar-refractivity contribution in [3.63, 3.8) is 0 Å². The highest BCUT2D eigenvalue weighted by atomic mass is 19.1. The van der Waals surface area contributed by atoms with E-state index in [-0.39, 0.29) is 11.4 Å². The molecule has 0 aliphatic carbocycles. The lowest BCUT2D eigenvalue weighted by Crippen LogP contribution is -2.09. The van der Waals surface area contributed by atoms with Gasteiger partial charge in [0, 0.05) is 12.3 Å². The molecule has 0 atom stereocenters. The lowest BCUT2D eigenvalue weighted by molar-refractivity contribution is 0.399. The fraction of sp³-hybridized carbons (Fsp3) is 0.111. The average Bonchev–Trinajstić information content (AvgIpc) is 2.23. The molecular weight excluding hydrogens is 187 g/mol. The number of pyridine rings is 2. The van der Waals surface area contributed by atoms with Crippen LogP contribution in [0.25, 0.3) is 11.0 Å². The number of rotatable bonds is 1. The molecule has 0 aromatic carbocycles. The summed E-state index contributed by atoms with van der Waals surface area (Å²) in [6, 6.07) is 3.21. The lowest BCUT2D eigenvalue weighted by atomic mass is 10.3. The van der Waals surface area contributed by atoms with Crippen molar-refractivity contribution < 1.29 is 9.13 Å². The number of halogens is 1. The second kappa shape index (κ2) is 3.10. The smallest absolute Gasteiger partial charge is 0.243 e. The first-order valence-electron chi connectivity index (χ1n) is 3.94. The SMILES string of the molecule is COc1ccc2[nH]cc(F)c(=O)c2n1. The van der Waals surface area contributed by atoms with Gasteiger partial charge in [0.15, 0.2) is 5.82 Å². The maximum atomic E-state index is 12.9. The second-order valence-corrected chi connectivity index (χ2v) is 2.72. The van der Waals surface area contributed by atoms with Crippen LogP contribution in [-0.4, -0.2) is 17.1 Å². The molecule has 0 saturated carbocycles. The number of fused-ring (bicyclic) bond motifs is 1. The third-order valence-electron chi connectivity index (χ3n) is 1.87. The van der Waals surface area contributed by atoms with Crippen LogP contribution < -0.4 is 10.2 Å². The molecule has 14 heavy (non-hydrogen) atoms. The average molecular weight is 194 g/mol. The number of nitrogens with one attached hydrogen (secondary N) is 1. The topological polar surface area (TPSA) is 55.0 Å². The molecule has 0 unspecified atom stereocenters. The Labute approximate surface area is 78.4 Å². The van der Waals surface area contributed by atoms with Gasteiger partial charge >= 0.3 is 0 Å². The summed E-state index contributed by atoms with van der Waals surface area (Å²) in [6.45, 7) is 0. The van der Waals surface area contributed by atoms with Crippen LogP contribution in [-0.2, 0) is 0 Å². The molecule has 2 heterocycles. The van der Waals surface area contributed by atoms with E-state index in [1.54, 1.807) is 12.1 Å². The van der Waals surface area contributed by atoms with Gasteiger partial charge in [-0.05, 0) is 6.07 Å². The van der Waals surface area contributed by atoms with Gasteiger partial charge in [-0.25, -0.2) is 9.37 Å². The predicted molar refractivity (Wildman–Crippen MR) is 48.9 cm³/mol. The number of nitrogens with zero attached hydrogens (tertiary/aromatic N) is 1. The summed E-state index contributed by atoms with van der Waals surface area (Å²) in [4.78, 5) is 17.7. The molecule has 0 fully saturated rings. The molecule has 1 N–H and O–H groups in total. The third kappa shape index (κ3) is 1.22. The Kier molecular flexibility index (Phi) is 1.92. The molecule has 0 saturated heterocycles. The summed E-state index contributed by atoms with van der Waals surface area (Å²) >= 11 is 0. The number of aromatic nitrogens is 2. The Balaban J connectivity index is 2.85. The molecule has 0 aliphatic heterocycles. The third-order valence-corrected chi connectivity index (χ3v) is 1.87. The largest absolute Gasteiger partial charge is 0.481 e. The van der Waals surface area contributed by atoms with E-state index >= 15 is 0 Å². The van der Waals surface area contributed by atoms with Gasteiger partial charge in [0.2, 0.25) is 11.3 Å². The zero-order valence-corrected chi connectivity index (χ0v) is 7.37. The van der Waals surface area contributed by atoms with Crippen molar-refractivity contribution in [2.24, 2.45) is 0 Å². The number of methoxy groups -OCH3 is 1. The highest BCUT2D eigenvalue weighted by Crippen LogP contribution is 2.11. The molecular formula is C9H7FN2O2. The van der Waals surface area contributed by atoms with Gasteiger partial charge in [-0.3, -0.25) is 4.79 Å². The number of ether oxygens (including phenoxy) is 1. The molecule has 2 aromatic rings. The summed E-state index contributed by atoms with van der Waals surface area (Å²) in [7, 11) is 1.43. The molecule has 0 amide bonds. The van der Waals surface area contributed by atoms with E-state index in [2.05, 4.69) is 9.97 Å². The van der Waals surface area contributed by atoms with Gasteiger partial charge < -0.3 is 9.72 Å². The van der Waals surface area contributed by atoms with Crippen LogP contribution in [0.1, 0.15) is 0 Å². The second-order valence-electron chi connectivity index (χ2n) is 2.72. The first kappa shape index (κ1) is 8.68. The molecule has 0 aliphatic rings. The zero-order valence-electron chi connectivity index (χ0n) is 7.37. The lowest BCUT2D eigenvalue weighted by Gasteiger charge is -2.00. The summed E-state index contributed by atoms with van der Waals surface area (Å²) in [5.74, 6) is -0.563. The number of hydrogen-bond acceptors (Lipinski definition) is 3. The van der Waals surface area contributed by atoms with Gasteiger partial charge in [0.05, 0.1) is 12.6 Å². The minimum atomic E-state index is -0.849. The maximum Gasteiger partial charge on any atom is 0.243 e. The fourth-order valence-corrected chi connectivity index (χ4v) is 1.16. The summed E-state index contributed by atoms with van der Waals surface area (Å²) in [5, 5.41) is 0. The van der Waals surface area contributed by atoms with Crippen molar-refractivity contribution in [2.75, 3.05) is 7.11 Å². The number of aromatic amines is 1. The molecule has 0 bridgehead atoms. The maximum absolute atomic E-state index is 12.9. The first-order chi connectivity index (χ1) is 6.72. The normalized spacial score (nSPS) is 10.4. The van der Waals surface area contributed by atoms with Crippen LogP contribution in [0.2, 0.25) is 0 Å². The van der Waals surface area contributed by atoms with Crippen molar-refractivity contribution in [3.05, 3.63) is 34.4 Å². The van der Waals surface area contributed by atoms with Crippen LogP contribution in [0.15, 0.2) is 23.1 Å². The Bertz CT molecular complexity index is 536. The van der Waals surface area contributed by atoms with E-state index in [0.29, 0.717) is 5.52 Å². The minimum Gasteiger partial charge on any atom is -0.481 e. The van der Waals surface area contributed by atoms with E-state index in [1.807, 2.05) is 0 Å². The van der Waals surface area contributed by atoms with Crippen LogP contribution in [0.3, 0.4) is 0 Å². The molecule has 2 rings (SSSR count). The van der Waals surface area contributed by atoms with E-state index < -0.39 is 11.2 Å². The van der Waals surface area contributed by atoms with Crippen molar-refractivity contribution in [2.45, 2.75) is 0 Å². The Hall–Kier alpha value is -1.91. The van der Waals surface area contributed by atoms with E-state index in [9.17, 15) is 9.18 Å². The van der Waals surface area contributed by atoms with Gasteiger partial charge in [-0.2, -0.15) is 0 Å². The van der Waals surface area contributed by atoms with Crippen molar-refractivity contribution in [1.29, 1.82) is 0 Å². The molecule has 4 nitrogen and oxygen atoms in total. The molecule has 0 radical (unpaired) electrons. The Morgan fingerprint density at radius 3 is 3.00 bits per heavy atom. The van der Waals surface area contributed by atoms with Crippen molar-refractivity contribution in [3.8, 4) is 5.88 Å². The highest BCUT2D eigenvalue weighted by molar-refractivity contribution is 5.74. The van der Waals surface area contributed by atoms with Gasteiger partial charge in [-0.15, -0.1) is 0 Å². The molecule has 2 aromatic heterocycles. The van der Waals surface area contributed by atoms with Gasteiger partial charge in [-0.1, -0.05) is 0 Å². The highest BCUT2D eigenvalue weighted by Gasteiger charge is 2.06. The van der Waals surface area contributed by atoms with E-state index in [4.69, 9.17) is 4.74 Å². The fourth-order valence-electron chi connectivity index (χ4n) is 1.16. The van der Waals surface area contributed by atoms with Crippen molar-refractivity contribution >= 4 is 11.0 Å². The predicted octanol–water partition coefficient (Wildman–Crippen LogP) is 1.07. The van der Waals surface area contributed by atoms with E-state index in [0.717, 1.165) is 6.20 Å². The van der Waals surface area contributed by atoms with Crippen LogP contribution in [0, 0.1) is 5.82 Å². The Morgan fingerprint density at radius 1 is 1.50 bits per heavy atom. The number of hydrogen-bond donors (Lipinski definition) is 1. The quantitative estimate of drug-likeness (QED) is 0.738. The van der Waals surface area contributed by atoms with Gasteiger partial charge in [0.1, 0.15) is 5.52 Å². The molecule has 5 heteroatoms. The molecule has 72 valence electrons. The zero-order chi connectivity index (χ0) is 10.1. The first-order valence-corrected chi connectivity index (χ1v) is 3.94. The summed E-state index contributed by atoms with van der Waals surface area (Å²) in [6.07, 6.45) is 1.01. The van der Waals surface area contributed by atoms with Crippen LogP contribution in [0.4, 0.5) is 4.39 Å². The summed E-state index contributed by atoms with van der Waals surface area (Å²) in [5.41, 5.74) is -0.195. The van der Waals surface area contributed by atoms with Crippen molar-refractivity contribution in [1.82, 2.24) is 9.97 Å². The standard InChI is InChI=1S/C9H7FN2O2/c1-14-7-3-2-6-8(12-7)9(13)5(10)4-11-6/h2-4H,1H3,(H,11,13). The minimum absolute atomic E-state index is 0.0457. The monoisotopic (exact) mass is 194 g/mol. The van der Waals surface area contributed by atoms with Crippen LogP contribution >= 0.6 is 0 Å². The van der Waals surface area contributed by atoms with Crippen LogP contribution in [0.5, 0.6) is 5.88 Å². The number of H-pyrrole nitrogens is 1.